The minimum Gasteiger partial charge on any atom is -0.474 e. The average molecular weight is 517 g/mol. The molecular formula is C19H20IN9O. The van der Waals surface area contributed by atoms with Crippen LogP contribution in [0.2, 0.25) is 0 Å². The van der Waals surface area contributed by atoms with E-state index in [0.717, 1.165) is 33.1 Å². The molecule has 0 spiro atoms. The van der Waals surface area contributed by atoms with Crippen molar-refractivity contribution in [2.24, 2.45) is 7.05 Å². The van der Waals surface area contributed by atoms with Gasteiger partial charge in [-0.05, 0) is 42.0 Å². The van der Waals surface area contributed by atoms with Gasteiger partial charge in [-0.25, -0.2) is 24.3 Å². The number of hydrogen-bond acceptors (Lipinski definition) is 8. The molecule has 1 N–H and O–H groups in total. The number of fused-ring (bicyclic) bond motifs is 5. The van der Waals surface area contributed by atoms with E-state index < -0.39 is 0 Å². The maximum Gasteiger partial charge on any atom is 0.230 e. The molecular weight excluding hydrogens is 497 g/mol. The molecule has 1 aliphatic heterocycles. The highest BCUT2D eigenvalue weighted by atomic mass is 127. The van der Waals surface area contributed by atoms with Crippen molar-refractivity contribution in [2.75, 3.05) is 5.32 Å². The molecule has 4 bridgehead atoms. The monoisotopic (exact) mass is 517 g/mol. The van der Waals surface area contributed by atoms with Crippen LogP contribution in [0.15, 0.2) is 24.7 Å². The van der Waals surface area contributed by atoms with Crippen LogP contribution in [0.5, 0.6) is 5.88 Å². The SMILES string of the molecule is CCC1CC(C)n2nc(I)c3cnc(nc32)Nc2ccnc(n2)-c2cnn(C)c2O1. The summed E-state index contributed by atoms with van der Waals surface area (Å²) in [6.45, 7) is 4.24. The molecule has 0 radical (unpaired) electrons. The molecule has 4 aromatic rings. The number of halogens is 1. The van der Waals surface area contributed by atoms with E-state index in [1.54, 1.807) is 29.3 Å². The van der Waals surface area contributed by atoms with Gasteiger partial charge in [0.25, 0.3) is 0 Å². The molecule has 10 nitrogen and oxygen atoms in total. The Balaban J connectivity index is 1.70. The molecule has 30 heavy (non-hydrogen) atoms. The fraction of sp³-hybridized carbons (Fsp3) is 0.368. The molecule has 0 aliphatic carbocycles. The molecule has 0 aromatic carbocycles. The first kappa shape index (κ1) is 19.2. The minimum atomic E-state index is -0.0309. The van der Waals surface area contributed by atoms with Gasteiger partial charge < -0.3 is 10.1 Å². The quantitative estimate of drug-likeness (QED) is 0.383. The van der Waals surface area contributed by atoms with E-state index in [2.05, 4.69) is 61.8 Å². The van der Waals surface area contributed by atoms with E-state index in [1.165, 1.54) is 0 Å². The Kier molecular flexibility index (Phi) is 4.76. The van der Waals surface area contributed by atoms with E-state index >= 15 is 0 Å². The first-order valence-electron chi connectivity index (χ1n) is 9.73. The summed E-state index contributed by atoms with van der Waals surface area (Å²) in [6.07, 6.45) is 6.79. The van der Waals surface area contributed by atoms with Crippen LogP contribution < -0.4 is 10.1 Å². The third-order valence-electron chi connectivity index (χ3n) is 5.18. The maximum atomic E-state index is 6.41. The molecule has 0 saturated heterocycles. The number of anilines is 2. The molecule has 0 amide bonds. The normalized spacial score (nSPS) is 18.5. The van der Waals surface area contributed by atoms with Crippen molar-refractivity contribution in [3.8, 4) is 17.3 Å². The zero-order valence-electron chi connectivity index (χ0n) is 16.7. The lowest BCUT2D eigenvalue weighted by Gasteiger charge is -2.22. The number of ether oxygens (including phenoxy) is 1. The molecule has 5 rings (SSSR count). The molecule has 2 unspecified atom stereocenters. The second kappa shape index (κ2) is 7.45. The third kappa shape index (κ3) is 3.26. The first-order valence-corrected chi connectivity index (χ1v) is 10.8. The second-order valence-electron chi connectivity index (χ2n) is 7.28. The first-order chi connectivity index (χ1) is 14.5. The Morgan fingerprint density at radius 3 is 2.97 bits per heavy atom. The number of aromatic nitrogens is 8. The Morgan fingerprint density at radius 1 is 1.27 bits per heavy atom. The van der Waals surface area contributed by atoms with Crippen LogP contribution in [0.1, 0.15) is 32.7 Å². The fourth-order valence-electron chi connectivity index (χ4n) is 3.58. The summed E-state index contributed by atoms with van der Waals surface area (Å²) in [7, 11) is 1.86. The average Bonchev–Trinajstić information content (AvgIpc) is 3.27. The van der Waals surface area contributed by atoms with E-state index in [0.29, 0.717) is 23.5 Å². The summed E-state index contributed by atoms with van der Waals surface area (Å²) < 4.78 is 11.0. The predicted octanol–water partition coefficient (Wildman–Crippen LogP) is 3.49. The lowest BCUT2D eigenvalue weighted by atomic mass is 10.1. The highest BCUT2D eigenvalue weighted by molar-refractivity contribution is 14.1. The van der Waals surface area contributed by atoms with Crippen molar-refractivity contribution in [3.63, 3.8) is 0 Å². The largest absolute Gasteiger partial charge is 0.474 e. The van der Waals surface area contributed by atoms with Crippen molar-refractivity contribution in [1.29, 1.82) is 0 Å². The molecule has 5 heterocycles. The minimum absolute atomic E-state index is 0.0309. The summed E-state index contributed by atoms with van der Waals surface area (Å²) in [5, 5.41) is 13.2. The van der Waals surface area contributed by atoms with Gasteiger partial charge in [0.15, 0.2) is 11.5 Å². The van der Waals surface area contributed by atoms with E-state index in [-0.39, 0.29) is 12.1 Å². The van der Waals surface area contributed by atoms with Crippen LogP contribution in [0.4, 0.5) is 11.8 Å². The fourth-order valence-corrected chi connectivity index (χ4v) is 4.20. The van der Waals surface area contributed by atoms with Gasteiger partial charge in [0.2, 0.25) is 11.8 Å². The van der Waals surface area contributed by atoms with Gasteiger partial charge >= 0.3 is 0 Å². The van der Waals surface area contributed by atoms with Crippen LogP contribution in [0.3, 0.4) is 0 Å². The molecule has 4 aromatic heterocycles. The number of nitrogens with zero attached hydrogens (tertiary/aromatic N) is 8. The highest BCUT2D eigenvalue weighted by Gasteiger charge is 2.24. The van der Waals surface area contributed by atoms with Gasteiger partial charge in [-0.15, -0.1) is 0 Å². The Morgan fingerprint density at radius 2 is 2.13 bits per heavy atom. The molecule has 2 atom stereocenters. The molecule has 11 heteroatoms. The molecule has 1 aliphatic rings. The number of hydrogen-bond donors (Lipinski definition) is 1. The molecule has 0 saturated carbocycles. The second-order valence-corrected chi connectivity index (χ2v) is 8.30. The van der Waals surface area contributed by atoms with Crippen molar-refractivity contribution >= 4 is 45.4 Å². The van der Waals surface area contributed by atoms with Crippen LogP contribution in [0.25, 0.3) is 22.4 Å². The van der Waals surface area contributed by atoms with Crippen molar-refractivity contribution in [3.05, 3.63) is 28.4 Å². The zero-order valence-corrected chi connectivity index (χ0v) is 18.9. The van der Waals surface area contributed by atoms with E-state index in [4.69, 9.17) is 14.8 Å². The summed E-state index contributed by atoms with van der Waals surface area (Å²) in [4.78, 5) is 18.2. The summed E-state index contributed by atoms with van der Waals surface area (Å²) in [5.74, 6) is 2.23. The smallest absolute Gasteiger partial charge is 0.230 e. The van der Waals surface area contributed by atoms with Crippen LogP contribution in [-0.2, 0) is 7.05 Å². The maximum absolute atomic E-state index is 6.41. The van der Waals surface area contributed by atoms with Gasteiger partial charge in [0, 0.05) is 25.9 Å². The van der Waals surface area contributed by atoms with Crippen molar-refractivity contribution in [2.45, 2.75) is 38.8 Å². The van der Waals surface area contributed by atoms with Crippen molar-refractivity contribution in [1.82, 2.24) is 39.5 Å². The van der Waals surface area contributed by atoms with Crippen LogP contribution in [0, 0.1) is 3.70 Å². The lowest BCUT2D eigenvalue weighted by molar-refractivity contribution is 0.153. The third-order valence-corrected chi connectivity index (χ3v) is 5.98. The van der Waals surface area contributed by atoms with E-state index in [9.17, 15) is 0 Å². The van der Waals surface area contributed by atoms with Crippen LogP contribution in [-0.4, -0.2) is 45.6 Å². The topological polar surface area (TPSA) is 108 Å². The molecule has 154 valence electrons. The summed E-state index contributed by atoms with van der Waals surface area (Å²) in [5.41, 5.74) is 1.53. The van der Waals surface area contributed by atoms with Gasteiger partial charge in [-0.1, -0.05) is 6.92 Å². The van der Waals surface area contributed by atoms with E-state index in [1.807, 2.05) is 11.7 Å². The predicted molar refractivity (Wildman–Crippen MR) is 120 cm³/mol. The summed E-state index contributed by atoms with van der Waals surface area (Å²) >= 11 is 2.22. The van der Waals surface area contributed by atoms with Gasteiger partial charge in [-0.3, -0.25) is 0 Å². The molecule has 0 fully saturated rings. The van der Waals surface area contributed by atoms with Gasteiger partial charge in [0.1, 0.15) is 21.2 Å². The van der Waals surface area contributed by atoms with Gasteiger partial charge in [0.05, 0.1) is 17.6 Å². The van der Waals surface area contributed by atoms with Crippen molar-refractivity contribution < 1.29 is 4.74 Å². The Labute approximate surface area is 186 Å². The number of aryl methyl sites for hydroxylation is 1. The Hall–Kier alpha value is -2.83. The number of nitrogens with one attached hydrogen (secondary N) is 1. The number of rotatable bonds is 1. The van der Waals surface area contributed by atoms with Gasteiger partial charge in [-0.2, -0.15) is 15.2 Å². The van der Waals surface area contributed by atoms with Crippen LogP contribution >= 0.6 is 22.6 Å². The zero-order chi connectivity index (χ0) is 20.8. The highest BCUT2D eigenvalue weighted by Crippen LogP contribution is 2.32. The standard InChI is InChI=1S/C19H20IN9O/c1-4-11-7-10(2)29-17-12(15(20)27-29)8-22-19(26-17)25-14-5-6-21-16(24-14)13-9-23-28(3)18(13)30-11/h5-6,8-11H,4,7H2,1-3H3,(H,21,22,24,25,26). The summed E-state index contributed by atoms with van der Waals surface area (Å²) in [6, 6.07) is 1.86. The lowest BCUT2D eigenvalue weighted by Crippen LogP contribution is -2.23. The Bertz CT molecular complexity index is 1230.